The van der Waals surface area contributed by atoms with Gasteiger partial charge in [-0.25, -0.2) is 9.78 Å². The molecule has 0 N–H and O–H groups in total. The summed E-state index contributed by atoms with van der Waals surface area (Å²) in [5, 5.41) is 1.90. The number of hydrogen-bond acceptors (Lipinski definition) is 4. The highest BCUT2D eigenvalue weighted by atomic mass is 32.2. The number of fused-ring (bicyclic) bond motifs is 2. The van der Waals surface area contributed by atoms with Crippen LogP contribution in [0.3, 0.4) is 0 Å². The van der Waals surface area contributed by atoms with Crippen LogP contribution >= 0.6 is 11.8 Å². The summed E-state index contributed by atoms with van der Waals surface area (Å²) in [6, 6.07) is 11.6. The highest BCUT2D eigenvalue weighted by Gasteiger charge is 2.10. The minimum absolute atomic E-state index is 0.311. The molecule has 0 aliphatic carbocycles. The van der Waals surface area contributed by atoms with Gasteiger partial charge in [0.1, 0.15) is 5.58 Å². The van der Waals surface area contributed by atoms with E-state index in [4.69, 9.17) is 4.42 Å². The van der Waals surface area contributed by atoms with Gasteiger partial charge in [-0.05, 0) is 54.8 Å². The van der Waals surface area contributed by atoms with Crippen molar-refractivity contribution in [1.29, 1.82) is 0 Å². The summed E-state index contributed by atoms with van der Waals surface area (Å²) in [5.41, 5.74) is 4.68. The summed E-state index contributed by atoms with van der Waals surface area (Å²) in [7, 11) is 0. The monoisotopic (exact) mass is 336 g/mol. The summed E-state index contributed by atoms with van der Waals surface area (Å²) in [6.07, 6.45) is 3.85. The number of aromatic nitrogens is 2. The Morgan fingerprint density at radius 2 is 2.00 bits per heavy atom. The fourth-order valence-electron chi connectivity index (χ4n) is 2.77. The van der Waals surface area contributed by atoms with Crippen LogP contribution in [0.4, 0.5) is 0 Å². The van der Waals surface area contributed by atoms with Gasteiger partial charge in [-0.3, -0.25) is 4.40 Å². The first kappa shape index (κ1) is 15.0. The molecule has 4 nitrogen and oxygen atoms in total. The molecular formula is C19H16N2O2S. The van der Waals surface area contributed by atoms with Crippen molar-refractivity contribution in [3.63, 3.8) is 0 Å². The second-order valence-corrected chi connectivity index (χ2v) is 6.79. The molecule has 0 aliphatic rings. The van der Waals surface area contributed by atoms with Gasteiger partial charge in [0.2, 0.25) is 0 Å². The summed E-state index contributed by atoms with van der Waals surface area (Å²) in [5.74, 6) is 0.665. The van der Waals surface area contributed by atoms with Crippen LogP contribution in [-0.2, 0) is 5.75 Å². The van der Waals surface area contributed by atoms with E-state index in [1.54, 1.807) is 17.8 Å². The average molecular weight is 336 g/mol. The topological polar surface area (TPSA) is 47.5 Å². The van der Waals surface area contributed by atoms with Crippen LogP contribution < -0.4 is 5.63 Å². The maximum absolute atomic E-state index is 11.9. The lowest BCUT2D eigenvalue weighted by molar-refractivity contribution is 0.559. The molecule has 0 amide bonds. The predicted molar refractivity (Wildman–Crippen MR) is 96.7 cm³/mol. The van der Waals surface area contributed by atoms with E-state index in [-0.39, 0.29) is 5.63 Å². The van der Waals surface area contributed by atoms with Gasteiger partial charge in [0, 0.05) is 23.4 Å². The second-order valence-electron chi connectivity index (χ2n) is 5.85. The van der Waals surface area contributed by atoms with Crippen LogP contribution in [0.5, 0.6) is 0 Å². The highest BCUT2D eigenvalue weighted by Crippen LogP contribution is 2.28. The van der Waals surface area contributed by atoms with Gasteiger partial charge in [0.05, 0.1) is 11.7 Å². The van der Waals surface area contributed by atoms with Crippen molar-refractivity contribution in [1.82, 2.24) is 9.38 Å². The zero-order chi connectivity index (χ0) is 16.7. The number of rotatable bonds is 3. The van der Waals surface area contributed by atoms with Crippen LogP contribution in [0.1, 0.15) is 16.7 Å². The molecule has 1 aromatic carbocycles. The maximum Gasteiger partial charge on any atom is 0.336 e. The van der Waals surface area contributed by atoms with Crippen LogP contribution in [-0.4, -0.2) is 9.38 Å². The van der Waals surface area contributed by atoms with E-state index in [1.165, 1.54) is 5.56 Å². The normalized spacial score (nSPS) is 11.4. The highest BCUT2D eigenvalue weighted by molar-refractivity contribution is 7.98. The van der Waals surface area contributed by atoms with E-state index in [1.807, 2.05) is 48.0 Å². The largest absolute Gasteiger partial charge is 0.423 e. The summed E-state index contributed by atoms with van der Waals surface area (Å²) in [6.45, 7) is 4.09. The average Bonchev–Trinajstić information content (AvgIpc) is 2.97. The van der Waals surface area contributed by atoms with Gasteiger partial charge in [0.15, 0.2) is 5.16 Å². The van der Waals surface area contributed by atoms with Gasteiger partial charge in [-0.1, -0.05) is 17.8 Å². The van der Waals surface area contributed by atoms with Crippen LogP contribution in [0, 0.1) is 13.8 Å². The Hall–Kier alpha value is -2.53. The number of benzene rings is 1. The maximum atomic E-state index is 11.9. The number of hydrogen-bond donors (Lipinski definition) is 0. The van der Waals surface area contributed by atoms with E-state index in [0.717, 1.165) is 27.2 Å². The standard InChI is InChI=1S/C19H16N2O2S/c1-12-7-16-14(9-18(22)23-17(16)8-13(12)2)11-24-19-20-10-15-5-3-4-6-21(15)19/h3-10H,11H2,1-2H3. The molecule has 120 valence electrons. The molecule has 0 aliphatic heterocycles. The molecule has 5 heteroatoms. The molecule has 0 atom stereocenters. The van der Waals surface area contributed by atoms with E-state index in [0.29, 0.717) is 11.3 Å². The van der Waals surface area contributed by atoms with Gasteiger partial charge in [-0.15, -0.1) is 0 Å². The quantitative estimate of drug-likeness (QED) is 0.412. The van der Waals surface area contributed by atoms with Crippen LogP contribution in [0.25, 0.3) is 16.5 Å². The number of aryl methyl sites for hydroxylation is 2. The number of nitrogens with zero attached hydrogens (tertiary/aromatic N) is 2. The third-order valence-electron chi connectivity index (χ3n) is 4.21. The predicted octanol–water partition coefficient (Wildman–Crippen LogP) is 4.35. The van der Waals surface area contributed by atoms with Crippen molar-refractivity contribution in [2.75, 3.05) is 0 Å². The molecule has 3 heterocycles. The lowest BCUT2D eigenvalue weighted by Gasteiger charge is -2.08. The molecule has 4 aromatic rings. The molecule has 0 fully saturated rings. The summed E-state index contributed by atoms with van der Waals surface area (Å²) >= 11 is 1.61. The minimum Gasteiger partial charge on any atom is -0.423 e. The molecule has 0 spiro atoms. The molecule has 24 heavy (non-hydrogen) atoms. The molecule has 0 saturated carbocycles. The smallest absolute Gasteiger partial charge is 0.336 e. The third-order valence-corrected chi connectivity index (χ3v) is 5.22. The van der Waals surface area contributed by atoms with Crippen molar-refractivity contribution in [3.8, 4) is 0 Å². The first-order valence-electron chi connectivity index (χ1n) is 7.71. The minimum atomic E-state index is -0.311. The van der Waals surface area contributed by atoms with E-state index in [9.17, 15) is 4.79 Å². The fourth-order valence-corrected chi connectivity index (χ4v) is 3.73. The van der Waals surface area contributed by atoms with E-state index < -0.39 is 0 Å². The molecule has 0 saturated heterocycles. The summed E-state index contributed by atoms with van der Waals surface area (Å²) < 4.78 is 7.41. The first-order valence-corrected chi connectivity index (χ1v) is 8.69. The SMILES string of the molecule is Cc1cc2oc(=O)cc(CSc3ncc4ccccn34)c2cc1C. The zero-order valence-electron chi connectivity index (χ0n) is 13.4. The lowest BCUT2D eigenvalue weighted by Crippen LogP contribution is -2.01. The Bertz CT molecular complexity index is 1110. The van der Waals surface area contributed by atoms with Crippen molar-refractivity contribution < 1.29 is 4.42 Å². The van der Waals surface area contributed by atoms with Crippen molar-refractivity contribution in [3.05, 3.63) is 75.9 Å². The van der Waals surface area contributed by atoms with E-state index >= 15 is 0 Å². The molecule has 0 bridgehead atoms. The van der Waals surface area contributed by atoms with Crippen molar-refractivity contribution in [2.45, 2.75) is 24.8 Å². The molecular weight excluding hydrogens is 320 g/mol. The molecule has 0 unspecified atom stereocenters. The third kappa shape index (κ3) is 2.61. The Labute approximate surface area is 143 Å². The fraction of sp³-hybridized carbons (Fsp3) is 0.158. The first-order chi connectivity index (χ1) is 11.6. The van der Waals surface area contributed by atoms with Crippen molar-refractivity contribution in [2.24, 2.45) is 0 Å². The lowest BCUT2D eigenvalue weighted by atomic mass is 10.0. The number of imidazole rings is 1. The zero-order valence-corrected chi connectivity index (χ0v) is 14.3. The molecule has 3 aromatic heterocycles. The van der Waals surface area contributed by atoms with Gasteiger partial charge in [0.25, 0.3) is 0 Å². The van der Waals surface area contributed by atoms with Gasteiger partial charge in [-0.2, -0.15) is 0 Å². The Kier molecular flexibility index (Phi) is 3.65. The van der Waals surface area contributed by atoms with Crippen LogP contribution in [0.2, 0.25) is 0 Å². The van der Waals surface area contributed by atoms with Crippen molar-refractivity contribution >= 4 is 28.2 Å². The molecule has 0 radical (unpaired) electrons. The Morgan fingerprint density at radius 1 is 1.17 bits per heavy atom. The number of pyridine rings is 1. The summed E-state index contributed by atoms with van der Waals surface area (Å²) in [4.78, 5) is 16.3. The van der Waals surface area contributed by atoms with Gasteiger partial charge < -0.3 is 4.42 Å². The second kappa shape index (κ2) is 5.83. The Morgan fingerprint density at radius 3 is 2.88 bits per heavy atom. The molecule has 4 rings (SSSR count). The van der Waals surface area contributed by atoms with Gasteiger partial charge >= 0.3 is 5.63 Å². The number of thioether (sulfide) groups is 1. The van der Waals surface area contributed by atoms with Crippen LogP contribution in [0.15, 0.2) is 63.2 Å². The van der Waals surface area contributed by atoms with E-state index in [2.05, 4.69) is 18.0 Å². The Balaban J connectivity index is 1.74.